The molecule has 0 amide bonds. The Morgan fingerprint density at radius 2 is 1.26 bits per heavy atom. The summed E-state index contributed by atoms with van der Waals surface area (Å²) >= 11 is 0. The molecular weight excluding hydrogens is 378 g/mol. The molecule has 0 aromatic heterocycles. The summed E-state index contributed by atoms with van der Waals surface area (Å²) in [6.07, 6.45) is 11.9. The molecule has 0 aliphatic heterocycles. The first kappa shape index (κ1) is 28.0. The van der Waals surface area contributed by atoms with E-state index in [0.717, 1.165) is 18.3 Å². The highest BCUT2D eigenvalue weighted by molar-refractivity contribution is 5.44. The maximum atomic E-state index is 6.33. The van der Waals surface area contributed by atoms with Gasteiger partial charge in [-0.3, -0.25) is 0 Å². The van der Waals surface area contributed by atoms with Crippen molar-refractivity contribution < 1.29 is 4.74 Å². The molecule has 0 unspecified atom stereocenters. The van der Waals surface area contributed by atoms with E-state index in [9.17, 15) is 0 Å². The maximum Gasteiger partial charge on any atom is 0.126 e. The van der Waals surface area contributed by atoms with Gasteiger partial charge in [-0.05, 0) is 74.2 Å². The molecule has 0 N–H and O–H groups in total. The number of hydrogen-bond donors (Lipinski definition) is 0. The molecule has 0 aliphatic carbocycles. The molecule has 0 bridgehead atoms. The normalized spacial score (nSPS) is 12.0. The Labute approximate surface area is 195 Å². The van der Waals surface area contributed by atoms with Gasteiger partial charge in [-0.1, -0.05) is 98.8 Å². The molecule has 1 aromatic carbocycles. The van der Waals surface area contributed by atoms with Gasteiger partial charge in [0.2, 0.25) is 0 Å². The molecule has 0 atom stereocenters. The van der Waals surface area contributed by atoms with E-state index < -0.39 is 0 Å². The summed E-state index contributed by atoms with van der Waals surface area (Å²) in [5.41, 5.74) is 2.72. The fraction of sp³-hybridized carbons (Fsp3) is 0.793. The van der Waals surface area contributed by atoms with Crippen molar-refractivity contribution in [2.45, 2.75) is 118 Å². The summed E-state index contributed by atoms with van der Waals surface area (Å²) in [6.45, 7) is 20.7. The second kappa shape index (κ2) is 16.6. The molecule has 0 fully saturated rings. The van der Waals surface area contributed by atoms with Crippen LogP contribution < -0.4 is 4.74 Å². The first-order valence-corrected chi connectivity index (χ1v) is 13.3. The van der Waals surface area contributed by atoms with Crippen LogP contribution in [0.5, 0.6) is 5.75 Å². The van der Waals surface area contributed by atoms with E-state index in [1.54, 1.807) is 0 Å². The lowest BCUT2D eigenvalue weighted by atomic mass is 9.94. The van der Waals surface area contributed by atoms with Crippen LogP contribution in [0.1, 0.15) is 129 Å². The number of rotatable bonds is 18. The summed E-state index contributed by atoms with van der Waals surface area (Å²) < 4.78 is 6.33. The number of benzene rings is 1. The Morgan fingerprint density at radius 3 is 1.81 bits per heavy atom. The lowest BCUT2D eigenvalue weighted by Gasteiger charge is -2.23. The highest BCUT2D eigenvalue weighted by atomic mass is 16.5. The van der Waals surface area contributed by atoms with Crippen LogP contribution in [0.25, 0.3) is 0 Å². The number of para-hydroxylation sites is 1. The Bertz CT molecular complexity index is 538. The Morgan fingerprint density at radius 1 is 0.710 bits per heavy atom. The number of unbranched alkanes of at least 4 members (excludes halogenated alkanes) is 6. The molecule has 0 heterocycles. The van der Waals surface area contributed by atoms with Crippen LogP contribution in [-0.4, -0.2) is 31.1 Å². The molecule has 0 spiro atoms. The first-order valence-electron chi connectivity index (χ1n) is 13.3. The largest absolute Gasteiger partial charge is 0.493 e. The fourth-order valence-electron chi connectivity index (χ4n) is 4.13. The van der Waals surface area contributed by atoms with Crippen LogP contribution >= 0.6 is 0 Å². The van der Waals surface area contributed by atoms with Crippen molar-refractivity contribution in [1.29, 1.82) is 0 Å². The van der Waals surface area contributed by atoms with Crippen LogP contribution in [0.3, 0.4) is 0 Å². The van der Waals surface area contributed by atoms with Crippen molar-refractivity contribution in [3.05, 3.63) is 29.3 Å². The highest BCUT2D eigenvalue weighted by Gasteiger charge is 2.14. The molecule has 2 heteroatoms. The van der Waals surface area contributed by atoms with Gasteiger partial charge in [0, 0.05) is 0 Å². The van der Waals surface area contributed by atoms with Crippen molar-refractivity contribution in [2.24, 2.45) is 5.92 Å². The third-order valence-corrected chi connectivity index (χ3v) is 6.29. The predicted molar refractivity (Wildman–Crippen MR) is 139 cm³/mol. The van der Waals surface area contributed by atoms with E-state index in [0.29, 0.717) is 11.8 Å². The van der Waals surface area contributed by atoms with Crippen LogP contribution in [-0.2, 0) is 0 Å². The SMILES string of the molecule is CCCCN(CCCCCCCCOc1c(C(C)C)cccc1C(C)C)CCC(C)C. The quantitative estimate of drug-likeness (QED) is 0.215. The van der Waals surface area contributed by atoms with Gasteiger partial charge in [-0.25, -0.2) is 0 Å². The Kier molecular flexibility index (Phi) is 15.0. The Balaban J connectivity index is 2.24. The van der Waals surface area contributed by atoms with Crippen molar-refractivity contribution in [3.8, 4) is 5.75 Å². The molecular formula is C29H53NO. The van der Waals surface area contributed by atoms with Gasteiger partial charge in [-0.2, -0.15) is 0 Å². The van der Waals surface area contributed by atoms with E-state index in [1.165, 1.54) is 88.5 Å². The maximum absolute atomic E-state index is 6.33. The predicted octanol–water partition coefficient (Wildman–Crippen LogP) is 8.80. The molecule has 2 nitrogen and oxygen atoms in total. The number of nitrogens with zero attached hydrogens (tertiary/aromatic N) is 1. The zero-order chi connectivity index (χ0) is 23.1. The van der Waals surface area contributed by atoms with Gasteiger partial charge in [0.15, 0.2) is 0 Å². The topological polar surface area (TPSA) is 12.5 Å². The molecule has 31 heavy (non-hydrogen) atoms. The zero-order valence-corrected chi connectivity index (χ0v) is 22.0. The van der Waals surface area contributed by atoms with E-state index in [2.05, 4.69) is 71.6 Å². The first-order chi connectivity index (χ1) is 14.9. The molecule has 1 rings (SSSR count). The second-order valence-electron chi connectivity index (χ2n) is 10.4. The molecule has 0 aliphatic rings. The lowest BCUT2D eigenvalue weighted by Crippen LogP contribution is -2.28. The molecule has 0 saturated carbocycles. The average Bonchev–Trinajstić information content (AvgIpc) is 2.73. The van der Waals surface area contributed by atoms with Crippen molar-refractivity contribution in [1.82, 2.24) is 4.90 Å². The summed E-state index contributed by atoms with van der Waals surface area (Å²) in [6, 6.07) is 6.65. The van der Waals surface area contributed by atoms with E-state index in [1.807, 2.05) is 0 Å². The molecule has 180 valence electrons. The monoisotopic (exact) mass is 431 g/mol. The summed E-state index contributed by atoms with van der Waals surface area (Å²) in [5.74, 6) is 2.98. The van der Waals surface area contributed by atoms with Crippen LogP contribution in [0.4, 0.5) is 0 Å². The molecule has 0 radical (unpaired) electrons. The fourth-order valence-corrected chi connectivity index (χ4v) is 4.13. The third-order valence-electron chi connectivity index (χ3n) is 6.29. The smallest absolute Gasteiger partial charge is 0.126 e. The van der Waals surface area contributed by atoms with Gasteiger partial charge in [-0.15, -0.1) is 0 Å². The van der Waals surface area contributed by atoms with Gasteiger partial charge in [0.25, 0.3) is 0 Å². The number of ether oxygens (including phenoxy) is 1. The highest BCUT2D eigenvalue weighted by Crippen LogP contribution is 2.34. The number of hydrogen-bond acceptors (Lipinski definition) is 2. The molecule has 1 aromatic rings. The van der Waals surface area contributed by atoms with Gasteiger partial charge in [0.05, 0.1) is 6.61 Å². The van der Waals surface area contributed by atoms with Crippen molar-refractivity contribution >= 4 is 0 Å². The zero-order valence-electron chi connectivity index (χ0n) is 22.0. The molecule has 0 saturated heterocycles. The Hall–Kier alpha value is -1.02. The van der Waals surface area contributed by atoms with E-state index >= 15 is 0 Å². The lowest BCUT2D eigenvalue weighted by molar-refractivity contribution is 0.247. The minimum Gasteiger partial charge on any atom is -0.493 e. The van der Waals surface area contributed by atoms with Gasteiger partial charge in [0.1, 0.15) is 5.75 Å². The van der Waals surface area contributed by atoms with Crippen LogP contribution in [0.2, 0.25) is 0 Å². The minimum atomic E-state index is 0.506. The summed E-state index contributed by atoms with van der Waals surface area (Å²) in [4.78, 5) is 2.70. The van der Waals surface area contributed by atoms with E-state index in [-0.39, 0.29) is 0 Å². The summed E-state index contributed by atoms with van der Waals surface area (Å²) in [5, 5.41) is 0. The van der Waals surface area contributed by atoms with Crippen molar-refractivity contribution in [3.63, 3.8) is 0 Å². The van der Waals surface area contributed by atoms with E-state index in [4.69, 9.17) is 4.74 Å². The van der Waals surface area contributed by atoms with Gasteiger partial charge < -0.3 is 9.64 Å². The third kappa shape index (κ3) is 12.0. The standard InChI is InChI=1S/C29H53NO/c1-8-9-20-30(22-19-24(2)3)21-14-12-10-11-13-15-23-31-29-27(25(4)5)17-16-18-28(29)26(6)7/h16-18,24-26H,8-15,19-23H2,1-7H3. The second-order valence-corrected chi connectivity index (χ2v) is 10.4. The summed E-state index contributed by atoms with van der Waals surface area (Å²) in [7, 11) is 0. The average molecular weight is 432 g/mol. The minimum absolute atomic E-state index is 0.506. The van der Waals surface area contributed by atoms with Gasteiger partial charge >= 0.3 is 0 Å². The van der Waals surface area contributed by atoms with Crippen LogP contribution in [0.15, 0.2) is 18.2 Å². The van der Waals surface area contributed by atoms with Crippen molar-refractivity contribution in [2.75, 3.05) is 26.2 Å². The van der Waals surface area contributed by atoms with Crippen LogP contribution in [0, 0.1) is 5.92 Å².